The number of carbonyl (C=O) groups is 1. The molecule has 1 fully saturated rings. The molecule has 5 rings (SSSR count). The Kier molecular flexibility index (Phi) is 1.78. The van der Waals surface area contributed by atoms with Gasteiger partial charge in [-0.05, 0) is 22.8 Å². The zero-order valence-corrected chi connectivity index (χ0v) is 9.73. The number of hydrogen-bond donors (Lipinski definition) is 3. The van der Waals surface area contributed by atoms with Gasteiger partial charge in [-0.3, -0.25) is 10.1 Å². The number of rotatable bonds is 1. The summed E-state index contributed by atoms with van der Waals surface area (Å²) in [7, 11) is 0. The Bertz CT molecular complexity index is 717. The Balaban J connectivity index is 2.01. The molecule has 1 aromatic carbocycles. The monoisotopic (exact) mass is 239 g/mol. The molecule has 2 bridgehead atoms. The van der Waals surface area contributed by atoms with Crippen molar-refractivity contribution in [2.75, 3.05) is 0 Å². The van der Waals surface area contributed by atoms with Crippen LogP contribution >= 0.6 is 0 Å². The Morgan fingerprint density at radius 2 is 2.00 bits per heavy atom. The molecule has 1 saturated heterocycles. The maximum absolute atomic E-state index is 11.3. The van der Waals surface area contributed by atoms with Crippen LogP contribution in [0.25, 0.3) is 11.3 Å². The van der Waals surface area contributed by atoms with Crippen LogP contribution in [0, 0.1) is 0 Å². The first kappa shape index (κ1) is 9.91. The molecular weight excluding hydrogens is 226 g/mol. The molecule has 4 heteroatoms. The molecule has 3 aliphatic carbocycles. The number of primary amides is 1. The maximum Gasteiger partial charge on any atom is 0.254 e. The molecule has 2 atom stereocenters. The highest BCUT2D eigenvalue weighted by molar-refractivity contribution is 5.85. The Labute approximate surface area is 104 Å². The number of amides is 1. The Hall–Kier alpha value is -2.07. The minimum Gasteiger partial charge on any atom is -0.367 e. The zero-order chi connectivity index (χ0) is 12.3. The molecule has 18 heavy (non-hydrogen) atoms. The van der Waals surface area contributed by atoms with Crippen molar-refractivity contribution >= 4 is 17.2 Å². The summed E-state index contributed by atoms with van der Waals surface area (Å²) >= 11 is 0. The predicted octanol–water partition coefficient (Wildman–Crippen LogP) is -1.34. The van der Waals surface area contributed by atoms with Crippen LogP contribution in [0.15, 0.2) is 35.9 Å². The van der Waals surface area contributed by atoms with Crippen LogP contribution in [-0.2, 0) is 4.79 Å². The van der Waals surface area contributed by atoms with Crippen molar-refractivity contribution in [2.45, 2.75) is 18.6 Å². The van der Waals surface area contributed by atoms with E-state index in [1.165, 1.54) is 21.6 Å². The van der Waals surface area contributed by atoms with Gasteiger partial charge < -0.3 is 11.1 Å². The molecule has 1 amide bonds. The van der Waals surface area contributed by atoms with E-state index in [9.17, 15) is 4.79 Å². The lowest BCUT2D eigenvalue weighted by molar-refractivity contribution is -0.120. The number of allylic oxidation sites excluding steroid dienone is 1. The molecule has 1 aromatic rings. The lowest BCUT2D eigenvalue weighted by Crippen LogP contribution is -2.45. The molecule has 0 aromatic heterocycles. The largest absolute Gasteiger partial charge is 0.367 e. The lowest BCUT2D eigenvalue weighted by Gasteiger charge is -2.22. The molecule has 0 radical (unpaired) electrons. The fourth-order valence-corrected chi connectivity index (χ4v) is 2.98. The average Bonchev–Trinajstić information content (AvgIpc) is 2.64. The first-order chi connectivity index (χ1) is 8.74. The molecule has 4 nitrogen and oxygen atoms in total. The van der Waals surface area contributed by atoms with Crippen molar-refractivity contribution in [1.29, 1.82) is 0 Å². The fourth-order valence-electron chi connectivity index (χ4n) is 2.98. The van der Waals surface area contributed by atoms with Crippen LogP contribution in [0.3, 0.4) is 0 Å². The van der Waals surface area contributed by atoms with E-state index in [4.69, 9.17) is 5.73 Å². The predicted molar refractivity (Wildman–Crippen MR) is 68.2 cm³/mol. The molecule has 1 heterocycles. The van der Waals surface area contributed by atoms with Gasteiger partial charge in [-0.2, -0.15) is 0 Å². The summed E-state index contributed by atoms with van der Waals surface area (Å²) in [5, 5.41) is 8.92. The Morgan fingerprint density at radius 3 is 2.72 bits per heavy atom. The number of benzene rings is 1. The fraction of sp³-hybridized carbons (Fsp3) is 0.214. The average molecular weight is 239 g/mol. The highest BCUT2D eigenvalue weighted by Crippen LogP contribution is 2.33. The minimum absolute atomic E-state index is 0.106. The van der Waals surface area contributed by atoms with Gasteiger partial charge in [-0.25, -0.2) is 0 Å². The summed E-state index contributed by atoms with van der Waals surface area (Å²) < 4.78 is 0. The topological polar surface area (TPSA) is 67.2 Å². The van der Waals surface area contributed by atoms with Crippen molar-refractivity contribution in [3.8, 4) is 0 Å². The molecule has 0 spiro atoms. The van der Waals surface area contributed by atoms with E-state index in [1.807, 2.05) is 12.1 Å². The van der Waals surface area contributed by atoms with E-state index in [-0.39, 0.29) is 11.9 Å². The van der Waals surface area contributed by atoms with E-state index in [1.54, 1.807) is 0 Å². The molecule has 1 aliphatic heterocycles. The second-order valence-electron chi connectivity index (χ2n) is 4.96. The second-order valence-corrected chi connectivity index (χ2v) is 4.96. The van der Waals surface area contributed by atoms with Gasteiger partial charge in [0.1, 0.15) is 0 Å². The van der Waals surface area contributed by atoms with Crippen molar-refractivity contribution in [3.05, 3.63) is 46.4 Å². The van der Waals surface area contributed by atoms with Crippen molar-refractivity contribution in [2.24, 2.45) is 5.73 Å². The third-order valence-corrected chi connectivity index (χ3v) is 3.89. The van der Waals surface area contributed by atoms with Crippen LogP contribution in [-0.4, -0.2) is 18.1 Å². The molecule has 4 N–H and O–H groups in total. The van der Waals surface area contributed by atoms with Crippen LogP contribution in [0.4, 0.5) is 0 Å². The van der Waals surface area contributed by atoms with Gasteiger partial charge in [0.2, 0.25) is 0 Å². The van der Waals surface area contributed by atoms with Gasteiger partial charge in [-0.15, -0.1) is 0 Å². The highest BCUT2D eigenvalue weighted by Gasteiger charge is 2.37. The summed E-state index contributed by atoms with van der Waals surface area (Å²) in [6.45, 7) is 0. The van der Waals surface area contributed by atoms with Crippen LogP contribution in [0.5, 0.6) is 0 Å². The number of carbonyl (C=O) groups excluding carboxylic acids is 1. The first-order valence-electron chi connectivity index (χ1n) is 6.09. The molecule has 90 valence electrons. The standard InChI is InChI=1S/C14H13N3O/c15-13(18)14-16-11-8-5-7(6-8)9-3-1-2-4-10(9)12(11)17-14/h1-5,11,14,16-17H,6H2,(H2,15,18). The molecule has 4 aliphatic rings. The van der Waals surface area contributed by atoms with E-state index in [0.29, 0.717) is 0 Å². The van der Waals surface area contributed by atoms with Gasteiger partial charge >= 0.3 is 0 Å². The van der Waals surface area contributed by atoms with Crippen LogP contribution in [0.1, 0.15) is 6.42 Å². The van der Waals surface area contributed by atoms with Gasteiger partial charge in [0.15, 0.2) is 6.17 Å². The van der Waals surface area contributed by atoms with E-state index in [2.05, 4.69) is 28.8 Å². The summed E-state index contributed by atoms with van der Waals surface area (Å²) in [5.41, 5.74) is 9.15. The van der Waals surface area contributed by atoms with Crippen molar-refractivity contribution in [1.82, 2.24) is 10.6 Å². The van der Waals surface area contributed by atoms with Crippen LogP contribution in [0.2, 0.25) is 0 Å². The number of nitrogens with one attached hydrogen (secondary N) is 2. The van der Waals surface area contributed by atoms with Gasteiger partial charge in [-0.1, -0.05) is 30.3 Å². The lowest BCUT2D eigenvalue weighted by atomic mass is 9.88. The molecule has 0 saturated carbocycles. The van der Waals surface area contributed by atoms with Gasteiger partial charge in [0, 0.05) is 10.9 Å². The quantitative estimate of drug-likeness (QED) is 0.568. The van der Waals surface area contributed by atoms with Gasteiger partial charge in [0.25, 0.3) is 5.91 Å². The number of hydrogen-bond acceptors (Lipinski definition) is 3. The normalized spacial score (nSPS) is 27.4. The van der Waals surface area contributed by atoms with Crippen LogP contribution < -0.4 is 26.8 Å². The number of nitrogens with two attached hydrogens (primary N) is 1. The van der Waals surface area contributed by atoms with Crippen molar-refractivity contribution in [3.63, 3.8) is 0 Å². The second kappa shape index (κ2) is 3.23. The maximum atomic E-state index is 11.3. The Morgan fingerprint density at radius 1 is 1.28 bits per heavy atom. The zero-order valence-electron chi connectivity index (χ0n) is 9.73. The smallest absolute Gasteiger partial charge is 0.254 e. The van der Waals surface area contributed by atoms with Gasteiger partial charge in [0.05, 0.1) is 6.04 Å². The summed E-state index contributed by atoms with van der Waals surface area (Å²) in [6, 6.07) is 8.41. The third kappa shape index (κ3) is 1.15. The minimum atomic E-state index is -0.471. The third-order valence-electron chi connectivity index (χ3n) is 3.89. The summed E-state index contributed by atoms with van der Waals surface area (Å²) in [6.07, 6.45) is 2.74. The summed E-state index contributed by atoms with van der Waals surface area (Å²) in [4.78, 5) is 11.3. The molecule has 2 unspecified atom stereocenters. The highest BCUT2D eigenvalue weighted by atomic mass is 16.1. The molecular formula is C14H13N3O. The van der Waals surface area contributed by atoms with E-state index >= 15 is 0 Å². The summed E-state index contributed by atoms with van der Waals surface area (Å²) in [5.74, 6) is -0.364. The van der Waals surface area contributed by atoms with Crippen molar-refractivity contribution < 1.29 is 4.79 Å². The van der Waals surface area contributed by atoms with E-state index < -0.39 is 6.17 Å². The first-order valence-corrected chi connectivity index (χ1v) is 6.09. The SMILES string of the molecule is NC(=O)C1NC2=c3ccccc3=C3C=C(C3)C2N1. The van der Waals surface area contributed by atoms with E-state index in [0.717, 1.165) is 12.1 Å².